The standard InChI is InChI=1S/C12H13N/c13-8-4-2-1-3-5-10-9-11-6-7-12(10)11/h6-7,9H,1-5H2. The van der Waals surface area contributed by atoms with Gasteiger partial charge in [-0.05, 0) is 36.0 Å². The number of benzene rings is 1. The van der Waals surface area contributed by atoms with Crippen molar-refractivity contribution in [2.75, 3.05) is 0 Å². The van der Waals surface area contributed by atoms with Crippen molar-refractivity contribution >= 4 is 0 Å². The van der Waals surface area contributed by atoms with Gasteiger partial charge >= 0.3 is 0 Å². The third-order valence-corrected chi connectivity index (χ3v) is 2.65. The summed E-state index contributed by atoms with van der Waals surface area (Å²) in [6.45, 7) is 0. The van der Waals surface area contributed by atoms with Gasteiger partial charge in [0.1, 0.15) is 0 Å². The van der Waals surface area contributed by atoms with Crippen LogP contribution < -0.4 is 0 Å². The van der Waals surface area contributed by atoms with Crippen molar-refractivity contribution in [2.45, 2.75) is 32.1 Å². The molecule has 0 aliphatic heterocycles. The molecule has 0 aromatic heterocycles. The highest BCUT2D eigenvalue weighted by atomic mass is 14.2. The second kappa shape index (κ2) is 3.62. The second-order valence-corrected chi connectivity index (χ2v) is 3.59. The lowest BCUT2D eigenvalue weighted by Crippen LogP contribution is -2.00. The molecule has 0 heterocycles. The summed E-state index contributed by atoms with van der Waals surface area (Å²) in [5, 5.41) is 8.34. The van der Waals surface area contributed by atoms with Crippen LogP contribution in [0.3, 0.4) is 0 Å². The summed E-state index contributed by atoms with van der Waals surface area (Å²) in [6.07, 6.45) is 5.41. The maximum Gasteiger partial charge on any atom is 0.0621 e. The summed E-state index contributed by atoms with van der Waals surface area (Å²) in [4.78, 5) is 0. The van der Waals surface area contributed by atoms with Gasteiger partial charge in [0.05, 0.1) is 6.07 Å². The smallest absolute Gasteiger partial charge is 0.0621 e. The molecule has 0 spiro atoms. The van der Waals surface area contributed by atoms with Gasteiger partial charge in [-0.25, -0.2) is 0 Å². The van der Waals surface area contributed by atoms with Gasteiger partial charge in [0, 0.05) is 6.42 Å². The number of aryl methyl sites for hydroxylation is 1. The van der Waals surface area contributed by atoms with Crippen molar-refractivity contribution in [3.63, 3.8) is 0 Å². The minimum Gasteiger partial charge on any atom is -0.198 e. The number of nitriles is 1. The molecule has 2 aliphatic carbocycles. The highest BCUT2D eigenvalue weighted by Gasteiger charge is 2.14. The summed E-state index contributed by atoms with van der Waals surface area (Å²) >= 11 is 0. The van der Waals surface area contributed by atoms with Crippen LogP contribution in [0.15, 0.2) is 18.2 Å². The molecule has 0 bridgehead atoms. The molecule has 0 radical (unpaired) electrons. The first-order valence-electron chi connectivity index (χ1n) is 4.92. The van der Waals surface area contributed by atoms with Gasteiger partial charge < -0.3 is 0 Å². The summed E-state index contributed by atoms with van der Waals surface area (Å²) in [5.41, 5.74) is 4.45. The summed E-state index contributed by atoms with van der Waals surface area (Å²) in [7, 11) is 0. The van der Waals surface area contributed by atoms with E-state index < -0.39 is 0 Å². The van der Waals surface area contributed by atoms with Crippen molar-refractivity contribution in [1.82, 2.24) is 0 Å². The van der Waals surface area contributed by atoms with Crippen molar-refractivity contribution in [1.29, 1.82) is 5.26 Å². The Morgan fingerprint density at radius 2 is 2.08 bits per heavy atom. The van der Waals surface area contributed by atoms with Gasteiger partial charge in [-0.2, -0.15) is 5.26 Å². The van der Waals surface area contributed by atoms with E-state index in [0.717, 1.165) is 6.42 Å². The molecule has 0 aromatic rings. The van der Waals surface area contributed by atoms with E-state index in [-0.39, 0.29) is 0 Å². The molecule has 0 saturated heterocycles. The Labute approximate surface area is 79.0 Å². The third-order valence-electron chi connectivity index (χ3n) is 2.65. The molecule has 0 saturated carbocycles. The topological polar surface area (TPSA) is 23.8 Å². The van der Waals surface area contributed by atoms with Crippen LogP contribution in [0.2, 0.25) is 0 Å². The Hall–Kier alpha value is -1.29. The van der Waals surface area contributed by atoms with E-state index in [9.17, 15) is 0 Å². The van der Waals surface area contributed by atoms with Crippen LogP contribution >= 0.6 is 0 Å². The molecule has 0 amide bonds. The van der Waals surface area contributed by atoms with Gasteiger partial charge in [-0.15, -0.1) is 0 Å². The largest absolute Gasteiger partial charge is 0.198 e. The van der Waals surface area contributed by atoms with Crippen molar-refractivity contribution in [3.05, 3.63) is 23.8 Å². The van der Waals surface area contributed by atoms with E-state index in [4.69, 9.17) is 5.26 Å². The predicted molar refractivity (Wildman–Crippen MR) is 53.2 cm³/mol. The SMILES string of the molecule is N#CCCCCCc1cc2ccc1-2. The van der Waals surface area contributed by atoms with Crippen molar-refractivity contribution in [3.8, 4) is 17.2 Å². The zero-order valence-corrected chi connectivity index (χ0v) is 7.71. The maximum atomic E-state index is 8.34. The minimum absolute atomic E-state index is 0.715. The van der Waals surface area contributed by atoms with E-state index in [2.05, 4.69) is 24.3 Å². The fraction of sp³-hybridized carbons (Fsp3) is 0.417. The van der Waals surface area contributed by atoms with E-state index in [1.54, 1.807) is 0 Å². The van der Waals surface area contributed by atoms with Gasteiger partial charge in [0.25, 0.3) is 0 Å². The number of unbranched alkanes of at least 4 members (excludes halogenated alkanes) is 3. The van der Waals surface area contributed by atoms with Crippen LogP contribution in [0.5, 0.6) is 0 Å². The van der Waals surface area contributed by atoms with Crippen LogP contribution in [-0.4, -0.2) is 0 Å². The summed E-state index contributed by atoms with van der Waals surface area (Å²) in [5.74, 6) is 0. The molecular weight excluding hydrogens is 158 g/mol. The van der Waals surface area contributed by atoms with Crippen LogP contribution in [0.1, 0.15) is 31.2 Å². The molecule has 0 N–H and O–H groups in total. The molecule has 1 heteroatoms. The lowest BCUT2D eigenvalue weighted by atomic mass is 9.84. The zero-order chi connectivity index (χ0) is 9.10. The Bertz CT molecular complexity index is 347. The Balaban J connectivity index is 1.64. The monoisotopic (exact) mass is 171 g/mol. The van der Waals surface area contributed by atoms with Gasteiger partial charge in [0.15, 0.2) is 0 Å². The van der Waals surface area contributed by atoms with Crippen LogP contribution in [-0.2, 0) is 6.42 Å². The molecule has 0 aromatic carbocycles. The second-order valence-electron chi connectivity index (χ2n) is 3.59. The van der Waals surface area contributed by atoms with Crippen LogP contribution in [0.4, 0.5) is 0 Å². The zero-order valence-electron chi connectivity index (χ0n) is 7.71. The maximum absolute atomic E-state index is 8.34. The lowest BCUT2D eigenvalue weighted by Gasteiger charge is -2.20. The first kappa shape index (κ1) is 8.31. The molecule has 13 heavy (non-hydrogen) atoms. The first-order chi connectivity index (χ1) is 6.42. The van der Waals surface area contributed by atoms with Crippen molar-refractivity contribution < 1.29 is 0 Å². The van der Waals surface area contributed by atoms with Crippen molar-refractivity contribution in [2.24, 2.45) is 0 Å². The highest BCUT2D eigenvalue weighted by Crippen LogP contribution is 2.37. The fourth-order valence-corrected chi connectivity index (χ4v) is 1.77. The predicted octanol–water partition coefficient (Wildman–Crippen LogP) is 3.29. The molecule has 2 rings (SSSR count). The Kier molecular flexibility index (Phi) is 2.31. The van der Waals surface area contributed by atoms with Crippen LogP contribution in [0, 0.1) is 11.3 Å². The minimum atomic E-state index is 0.715. The number of fused-ring (bicyclic) bond motifs is 1. The first-order valence-corrected chi connectivity index (χ1v) is 4.92. The molecule has 2 aliphatic rings. The Morgan fingerprint density at radius 1 is 1.15 bits per heavy atom. The fourth-order valence-electron chi connectivity index (χ4n) is 1.77. The van der Waals surface area contributed by atoms with Gasteiger partial charge in [0.2, 0.25) is 0 Å². The molecule has 0 unspecified atom stereocenters. The average molecular weight is 171 g/mol. The van der Waals surface area contributed by atoms with E-state index in [1.807, 2.05) is 0 Å². The number of nitrogens with zero attached hydrogens (tertiary/aromatic N) is 1. The number of hydrogen-bond donors (Lipinski definition) is 0. The quantitative estimate of drug-likeness (QED) is 0.633. The molecule has 66 valence electrons. The average Bonchev–Trinajstić information content (AvgIpc) is 2.11. The summed E-state index contributed by atoms with van der Waals surface area (Å²) < 4.78 is 0. The van der Waals surface area contributed by atoms with E-state index >= 15 is 0 Å². The van der Waals surface area contributed by atoms with Gasteiger partial charge in [-0.1, -0.05) is 24.6 Å². The molecular formula is C12H13N. The van der Waals surface area contributed by atoms with E-state index in [1.165, 1.54) is 36.0 Å². The number of hydrogen-bond acceptors (Lipinski definition) is 1. The number of rotatable bonds is 5. The Morgan fingerprint density at radius 3 is 2.62 bits per heavy atom. The normalized spacial score (nSPS) is 11.0. The lowest BCUT2D eigenvalue weighted by molar-refractivity contribution is 0.689. The summed E-state index contributed by atoms with van der Waals surface area (Å²) in [6, 6.07) is 8.81. The van der Waals surface area contributed by atoms with E-state index in [0.29, 0.717) is 6.42 Å². The third kappa shape index (κ3) is 1.58. The molecule has 1 nitrogen and oxygen atoms in total. The van der Waals surface area contributed by atoms with Gasteiger partial charge in [-0.3, -0.25) is 0 Å². The highest BCUT2D eigenvalue weighted by molar-refractivity contribution is 5.80. The molecule has 0 fully saturated rings. The molecule has 0 atom stereocenters. The van der Waals surface area contributed by atoms with Crippen LogP contribution in [0.25, 0.3) is 11.1 Å².